The summed E-state index contributed by atoms with van der Waals surface area (Å²) in [6.45, 7) is 13.3. The summed E-state index contributed by atoms with van der Waals surface area (Å²) < 4.78 is 5.18. The van der Waals surface area contributed by atoms with Crippen molar-refractivity contribution in [2.24, 2.45) is 5.92 Å². The van der Waals surface area contributed by atoms with E-state index in [1.807, 2.05) is 6.92 Å². The first-order chi connectivity index (χ1) is 19.1. The standard InChI is InChI=1S/C16H32O2.6C2H4O2/c1-4-7-9-11-13-15(16(17)18-6-3)14-12-10-8-5-2;6*1-2(3)4/h15H,4-14H2,1-3H3;6*1H3,(H,3,4). The van der Waals surface area contributed by atoms with Gasteiger partial charge in [0.25, 0.3) is 35.8 Å². The Kier molecular flexibility index (Phi) is 61.0. The Hall–Kier alpha value is -3.71. The molecule has 0 rings (SSSR count). The van der Waals surface area contributed by atoms with E-state index in [1.165, 1.54) is 51.4 Å². The van der Waals surface area contributed by atoms with Gasteiger partial charge in [0.05, 0.1) is 12.5 Å². The number of aliphatic carboxylic acids is 6. The zero-order valence-electron chi connectivity index (χ0n) is 26.8. The minimum absolute atomic E-state index is 0.0329. The largest absolute Gasteiger partial charge is 0.481 e. The van der Waals surface area contributed by atoms with Gasteiger partial charge in [0.2, 0.25) is 0 Å². The topological polar surface area (TPSA) is 250 Å². The number of ether oxygens (including phenoxy) is 1. The molecule has 0 aromatic heterocycles. The number of carbonyl (C=O) groups is 7. The van der Waals surface area contributed by atoms with Crippen LogP contribution in [0.4, 0.5) is 0 Å². The zero-order valence-corrected chi connectivity index (χ0v) is 26.8. The molecular formula is C28H56O14. The molecule has 0 aromatic rings. The minimum Gasteiger partial charge on any atom is -0.481 e. The molecule has 14 nitrogen and oxygen atoms in total. The maximum atomic E-state index is 11.8. The quantitative estimate of drug-likeness (QED) is 0.114. The number of hydrogen-bond donors (Lipinski definition) is 6. The maximum absolute atomic E-state index is 11.8. The molecule has 0 aliphatic heterocycles. The molecule has 0 aliphatic rings. The first-order valence-electron chi connectivity index (χ1n) is 13.5. The zero-order chi connectivity index (χ0) is 35.1. The number of carboxylic acids is 6. The Balaban J connectivity index is -0.0000000827. The third kappa shape index (κ3) is 193. The van der Waals surface area contributed by atoms with Gasteiger partial charge in [0, 0.05) is 41.5 Å². The third-order valence-electron chi connectivity index (χ3n) is 3.43. The summed E-state index contributed by atoms with van der Waals surface area (Å²) >= 11 is 0. The van der Waals surface area contributed by atoms with Crippen LogP contribution in [0.2, 0.25) is 0 Å². The SMILES string of the molecule is CC(=O)O.CC(=O)O.CC(=O)O.CC(=O)O.CC(=O)O.CC(=O)O.CCCCCCC(CCCCCC)C(=O)OCC. The van der Waals surface area contributed by atoms with Crippen LogP contribution in [-0.2, 0) is 38.3 Å². The van der Waals surface area contributed by atoms with Crippen molar-refractivity contribution in [2.45, 2.75) is 127 Å². The minimum atomic E-state index is -0.833. The van der Waals surface area contributed by atoms with E-state index in [0.29, 0.717) is 6.61 Å². The summed E-state index contributed by atoms with van der Waals surface area (Å²) in [5.74, 6) is -4.82. The predicted octanol–water partition coefficient (Wildman–Crippen LogP) is 5.65. The van der Waals surface area contributed by atoms with Crippen LogP contribution >= 0.6 is 0 Å². The number of rotatable bonds is 12. The fraction of sp³-hybridized carbons (Fsp3) is 0.750. The third-order valence-corrected chi connectivity index (χ3v) is 3.43. The number of hydrogen-bond acceptors (Lipinski definition) is 8. The first kappa shape index (κ1) is 54.4. The summed E-state index contributed by atoms with van der Waals surface area (Å²) in [6, 6.07) is 0. The van der Waals surface area contributed by atoms with E-state index in [9.17, 15) is 4.79 Å². The van der Waals surface area contributed by atoms with Gasteiger partial charge in [-0.3, -0.25) is 33.6 Å². The van der Waals surface area contributed by atoms with E-state index in [0.717, 1.165) is 54.4 Å². The lowest BCUT2D eigenvalue weighted by atomic mass is 9.94. The molecule has 0 saturated heterocycles. The van der Waals surface area contributed by atoms with Gasteiger partial charge in [-0.15, -0.1) is 0 Å². The Labute approximate surface area is 250 Å². The average molecular weight is 617 g/mol. The van der Waals surface area contributed by atoms with Gasteiger partial charge in [-0.1, -0.05) is 65.2 Å². The molecular weight excluding hydrogens is 560 g/mol. The van der Waals surface area contributed by atoms with Gasteiger partial charge in [0.1, 0.15) is 0 Å². The Morgan fingerprint density at radius 1 is 0.452 bits per heavy atom. The van der Waals surface area contributed by atoms with E-state index in [1.54, 1.807) is 0 Å². The molecule has 0 bridgehead atoms. The van der Waals surface area contributed by atoms with Gasteiger partial charge in [-0.2, -0.15) is 0 Å². The van der Waals surface area contributed by atoms with E-state index >= 15 is 0 Å². The van der Waals surface area contributed by atoms with Crippen molar-refractivity contribution in [2.75, 3.05) is 6.61 Å². The van der Waals surface area contributed by atoms with Gasteiger partial charge in [-0.05, 0) is 19.8 Å². The molecule has 0 aromatic carbocycles. The van der Waals surface area contributed by atoms with E-state index < -0.39 is 35.8 Å². The number of unbranched alkanes of at least 4 members (excludes halogenated alkanes) is 6. The number of carbonyl (C=O) groups excluding carboxylic acids is 1. The molecule has 0 spiro atoms. The van der Waals surface area contributed by atoms with Crippen molar-refractivity contribution >= 4 is 41.8 Å². The van der Waals surface area contributed by atoms with Crippen LogP contribution in [0.3, 0.4) is 0 Å². The van der Waals surface area contributed by atoms with Crippen molar-refractivity contribution in [1.82, 2.24) is 0 Å². The molecule has 0 heterocycles. The van der Waals surface area contributed by atoms with Crippen LogP contribution in [0.25, 0.3) is 0 Å². The van der Waals surface area contributed by atoms with Gasteiger partial charge < -0.3 is 35.4 Å². The van der Waals surface area contributed by atoms with Crippen LogP contribution < -0.4 is 0 Å². The van der Waals surface area contributed by atoms with Crippen molar-refractivity contribution < 1.29 is 68.9 Å². The lowest BCUT2D eigenvalue weighted by molar-refractivity contribution is -0.148. The molecule has 0 amide bonds. The molecule has 0 aliphatic carbocycles. The van der Waals surface area contributed by atoms with E-state index in [4.69, 9.17) is 64.1 Å². The average Bonchev–Trinajstić information content (AvgIpc) is 2.76. The molecule has 0 unspecified atom stereocenters. The summed E-state index contributed by atoms with van der Waals surface area (Å²) in [6.07, 6.45) is 12.0. The molecule has 6 N–H and O–H groups in total. The normalized spacial score (nSPS) is 8.24. The lowest BCUT2D eigenvalue weighted by Gasteiger charge is -2.15. The summed E-state index contributed by atoms with van der Waals surface area (Å²) in [5.41, 5.74) is 0. The maximum Gasteiger partial charge on any atom is 0.308 e. The van der Waals surface area contributed by atoms with Crippen molar-refractivity contribution in [1.29, 1.82) is 0 Å². The lowest BCUT2D eigenvalue weighted by Crippen LogP contribution is -2.18. The van der Waals surface area contributed by atoms with Crippen molar-refractivity contribution in [3.05, 3.63) is 0 Å². The molecule has 0 radical (unpaired) electrons. The number of carboxylic acid groups (broad SMARTS) is 6. The highest BCUT2D eigenvalue weighted by Gasteiger charge is 2.18. The first-order valence-corrected chi connectivity index (χ1v) is 13.5. The highest BCUT2D eigenvalue weighted by molar-refractivity contribution is 5.72. The van der Waals surface area contributed by atoms with Crippen LogP contribution in [0.5, 0.6) is 0 Å². The van der Waals surface area contributed by atoms with Crippen molar-refractivity contribution in [3.8, 4) is 0 Å². The van der Waals surface area contributed by atoms with Gasteiger partial charge >= 0.3 is 5.97 Å². The van der Waals surface area contributed by atoms with E-state index in [2.05, 4.69) is 13.8 Å². The fourth-order valence-corrected chi connectivity index (χ4v) is 2.28. The highest BCUT2D eigenvalue weighted by Crippen LogP contribution is 2.19. The van der Waals surface area contributed by atoms with Gasteiger partial charge in [-0.25, -0.2) is 0 Å². The van der Waals surface area contributed by atoms with Crippen LogP contribution in [0.15, 0.2) is 0 Å². The van der Waals surface area contributed by atoms with Crippen molar-refractivity contribution in [3.63, 3.8) is 0 Å². The van der Waals surface area contributed by atoms with E-state index in [-0.39, 0.29) is 11.9 Å². The highest BCUT2D eigenvalue weighted by atomic mass is 16.5. The second-order valence-electron chi connectivity index (χ2n) is 8.26. The summed E-state index contributed by atoms with van der Waals surface area (Å²) in [4.78, 5) is 65.8. The Bertz CT molecular complexity index is 546. The van der Waals surface area contributed by atoms with Crippen LogP contribution in [0.1, 0.15) is 127 Å². The summed E-state index contributed by atoms with van der Waals surface area (Å²) in [5, 5.41) is 44.5. The molecule has 42 heavy (non-hydrogen) atoms. The smallest absolute Gasteiger partial charge is 0.308 e. The molecule has 0 atom stereocenters. The predicted molar refractivity (Wildman–Crippen MR) is 157 cm³/mol. The Morgan fingerprint density at radius 2 is 0.667 bits per heavy atom. The summed E-state index contributed by atoms with van der Waals surface area (Å²) in [7, 11) is 0. The monoisotopic (exact) mass is 616 g/mol. The molecule has 14 heteroatoms. The van der Waals surface area contributed by atoms with Gasteiger partial charge in [0.15, 0.2) is 0 Å². The molecule has 0 saturated carbocycles. The van der Waals surface area contributed by atoms with Crippen LogP contribution in [0, 0.1) is 5.92 Å². The molecule has 252 valence electrons. The Morgan fingerprint density at radius 3 is 0.833 bits per heavy atom. The van der Waals surface area contributed by atoms with Crippen LogP contribution in [-0.4, -0.2) is 79.0 Å². The number of esters is 1. The fourth-order valence-electron chi connectivity index (χ4n) is 2.28. The second-order valence-corrected chi connectivity index (χ2v) is 8.26. The molecule has 0 fully saturated rings. The second kappa shape index (κ2) is 47.1.